The number of nitrogens with one attached hydrogen (secondary N) is 1. The number of hydrazine groups is 1. The van der Waals surface area contributed by atoms with E-state index in [0.29, 0.717) is 0 Å². The molecule has 1 aliphatic carbocycles. The molecule has 2 rings (SSSR count). The van der Waals surface area contributed by atoms with Crippen molar-refractivity contribution in [3.05, 3.63) is 11.3 Å². The molecule has 1 atom stereocenters. The van der Waals surface area contributed by atoms with Gasteiger partial charge in [0.1, 0.15) is 5.76 Å². The molecule has 1 aliphatic heterocycles. The molecule has 0 radical (unpaired) electrons. The first-order valence-corrected chi connectivity index (χ1v) is 4.37. The van der Waals surface area contributed by atoms with Crippen LogP contribution in [0.1, 0.15) is 25.7 Å². The molecule has 0 aromatic rings. The second kappa shape index (κ2) is 3.05. The fraction of sp³-hybridized carbons (Fsp3) is 0.750. The average Bonchev–Trinajstić information content (AvgIpc) is 2.44. The van der Waals surface area contributed by atoms with Gasteiger partial charge in [0.25, 0.3) is 0 Å². The molecule has 1 unspecified atom stereocenters. The molecule has 2 aliphatic rings. The summed E-state index contributed by atoms with van der Waals surface area (Å²) in [7, 11) is 1.74. The zero-order valence-electron chi connectivity index (χ0n) is 7.21. The van der Waals surface area contributed by atoms with E-state index in [0.717, 1.165) is 30.6 Å². The second-order valence-electron chi connectivity index (χ2n) is 3.17. The molecule has 1 heterocycles. The van der Waals surface area contributed by atoms with Gasteiger partial charge in [0.05, 0.1) is 0 Å². The van der Waals surface area contributed by atoms with Crippen LogP contribution in [-0.4, -0.2) is 23.6 Å². The van der Waals surface area contributed by atoms with E-state index in [2.05, 4.69) is 5.43 Å². The minimum atomic E-state index is -0.578. The largest absolute Gasteiger partial charge is 0.392 e. The molecule has 0 bridgehead atoms. The van der Waals surface area contributed by atoms with E-state index >= 15 is 0 Å². The lowest BCUT2D eigenvalue weighted by atomic mass is 9.97. The van der Waals surface area contributed by atoms with Gasteiger partial charge in [-0.05, 0) is 24.4 Å². The maximum atomic E-state index is 9.66. The highest BCUT2D eigenvalue weighted by Crippen LogP contribution is 2.34. The first-order valence-electron chi connectivity index (χ1n) is 4.37. The second-order valence-corrected chi connectivity index (χ2v) is 3.17. The monoisotopic (exact) mass is 170 g/mol. The van der Waals surface area contributed by atoms with Crippen molar-refractivity contribution in [2.24, 2.45) is 0 Å². The molecule has 4 heteroatoms. The molecule has 12 heavy (non-hydrogen) atoms. The summed E-state index contributed by atoms with van der Waals surface area (Å²) in [4.78, 5) is 5.38. The Labute approximate surface area is 71.7 Å². The van der Waals surface area contributed by atoms with Gasteiger partial charge in [0.2, 0.25) is 0 Å². The van der Waals surface area contributed by atoms with E-state index < -0.39 is 6.23 Å². The molecule has 0 saturated carbocycles. The summed E-state index contributed by atoms with van der Waals surface area (Å²) < 4.78 is 0. The number of allylic oxidation sites excluding steroid dienone is 1. The van der Waals surface area contributed by atoms with Crippen LogP contribution < -0.4 is 5.43 Å². The van der Waals surface area contributed by atoms with Crippen LogP contribution in [0.5, 0.6) is 0 Å². The summed E-state index contributed by atoms with van der Waals surface area (Å²) in [5.41, 5.74) is 3.84. The molecule has 0 aromatic carbocycles. The Hall–Kier alpha value is -0.580. The lowest BCUT2D eigenvalue weighted by Gasteiger charge is -2.17. The van der Waals surface area contributed by atoms with Crippen molar-refractivity contribution in [1.82, 2.24) is 10.6 Å². The Morgan fingerprint density at radius 2 is 2.25 bits per heavy atom. The molecular formula is C8H14N2O2. The molecule has 68 valence electrons. The first-order chi connectivity index (χ1) is 5.83. The minimum absolute atomic E-state index is 0.578. The van der Waals surface area contributed by atoms with E-state index in [-0.39, 0.29) is 0 Å². The van der Waals surface area contributed by atoms with Crippen LogP contribution in [-0.2, 0) is 4.84 Å². The highest BCUT2D eigenvalue weighted by Gasteiger charge is 2.33. The van der Waals surface area contributed by atoms with Crippen LogP contribution in [0, 0.1) is 0 Å². The van der Waals surface area contributed by atoms with Crippen molar-refractivity contribution >= 4 is 0 Å². The molecule has 4 nitrogen and oxygen atoms in total. The summed E-state index contributed by atoms with van der Waals surface area (Å²) in [5, 5.41) is 11.1. The number of hydroxylamine groups is 1. The van der Waals surface area contributed by atoms with Gasteiger partial charge in [-0.15, -0.1) is 0 Å². The highest BCUT2D eigenvalue weighted by atomic mass is 16.7. The zero-order valence-corrected chi connectivity index (χ0v) is 7.21. The summed E-state index contributed by atoms with van der Waals surface area (Å²) in [6.07, 6.45) is 3.68. The third-order valence-corrected chi connectivity index (χ3v) is 2.42. The molecule has 0 fully saturated rings. The lowest BCUT2D eigenvalue weighted by Crippen LogP contribution is -2.39. The number of rotatable bonds is 1. The zero-order chi connectivity index (χ0) is 8.55. The average molecular weight is 170 g/mol. The molecule has 0 saturated heterocycles. The van der Waals surface area contributed by atoms with Crippen molar-refractivity contribution in [3.63, 3.8) is 0 Å². The molecule has 2 N–H and O–H groups in total. The van der Waals surface area contributed by atoms with E-state index in [1.807, 2.05) is 0 Å². The van der Waals surface area contributed by atoms with Crippen LogP contribution in [0.2, 0.25) is 0 Å². The normalized spacial score (nSPS) is 30.3. The van der Waals surface area contributed by atoms with E-state index in [9.17, 15) is 5.11 Å². The minimum Gasteiger partial charge on any atom is -0.392 e. The maximum absolute atomic E-state index is 9.66. The number of aliphatic hydroxyl groups is 1. The summed E-state index contributed by atoms with van der Waals surface area (Å²) >= 11 is 0. The number of hydrogen-bond acceptors (Lipinski definition) is 4. The van der Waals surface area contributed by atoms with Crippen LogP contribution in [0.15, 0.2) is 11.3 Å². The predicted molar refractivity (Wildman–Crippen MR) is 43.5 cm³/mol. The lowest BCUT2D eigenvalue weighted by molar-refractivity contribution is -0.205. The van der Waals surface area contributed by atoms with Crippen molar-refractivity contribution < 1.29 is 9.94 Å². The van der Waals surface area contributed by atoms with Gasteiger partial charge in [-0.3, -0.25) is 0 Å². The van der Waals surface area contributed by atoms with Gasteiger partial charge in [-0.25, -0.2) is 5.43 Å². The van der Waals surface area contributed by atoms with Gasteiger partial charge in [0.15, 0.2) is 6.23 Å². The van der Waals surface area contributed by atoms with Crippen LogP contribution in [0.25, 0.3) is 0 Å². The Kier molecular flexibility index (Phi) is 2.04. The van der Waals surface area contributed by atoms with Gasteiger partial charge in [-0.1, -0.05) is 0 Å². The van der Waals surface area contributed by atoms with Gasteiger partial charge in [0, 0.05) is 19.0 Å². The van der Waals surface area contributed by atoms with Crippen molar-refractivity contribution in [3.8, 4) is 0 Å². The van der Waals surface area contributed by atoms with E-state index in [1.165, 1.54) is 11.6 Å². The van der Waals surface area contributed by atoms with Gasteiger partial charge >= 0.3 is 0 Å². The Morgan fingerprint density at radius 1 is 1.50 bits per heavy atom. The molecule has 0 amide bonds. The first kappa shape index (κ1) is 8.04. The fourth-order valence-corrected chi connectivity index (χ4v) is 1.76. The van der Waals surface area contributed by atoms with Crippen LogP contribution in [0.4, 0.5) is 0 Å². The molecule has 0 spiro atoms. The fourth-order valence-electron chi connectivity index (χ4n) is 1.76. The van der Waals surface area contributed by atoms with Crippen LogP contribution in [0.3, 0.4) is 0 Å². The number of aliphatic hydroxyl groups excluding tert-OH is 1. The Morgan fingerprint density at radius 3 is 2.92 bits per heavy atom. The standard InChI is InChI=1S/C8H14N2O2/c1-9-10-8(11)6-4-2-3-5-7(6)12-10/h8-9,11H,2-5H2,1H3. The van der Waals surface area contributed by atoms with E-state index in [4.69, 9.17) is 4.84 Å². The van der Waals surface area contributed by atoms with E-state index in [1.54, 1.807) is 7.05 Å². The Bertz CT molecular complexity index is 215. The quantitative estimate of drug-likeness (QED) is 0.602. The molecular weight excluding hydrogens is 156 g/mol. The molecule has 0 aromatic heterocycles. The van der Waals surface area contributed by atoms with Crippen LogP contribution >= 0.6 is 0 Å². The summed E-state index contributed by atoms with van der Waals surface area (Å²) in [6.45, 7) is 0. The number of hydrogen-bond donors (Lipinski definition) is 2. The highest BCUT2D eigenvalue weighted by molar-refractivity contribution is 5.18. The van der Waals surface area contributed by atoms with Crippen molar-refractivity contribution in [1.29, 1.82) is 0 Å². The smallest absolute Gasteiger partial charge is 0.182 e. The topological polar surface area (TPSA) is 44.7 Å². The SMILES string of the molecule is CNN1OC2=C(CCCC2)C1O. The summed E-state index contributed by atoms with van der Waals surface area (Å²) in [5.74, 6) is 0.961. The predicted octanol–water partition coefficient (Wildman–Crippen LogP) is 0.514. The van der Waals surface area contributed by atoms with Gasteiger partial charge in [-0.2, -0.15) is 0 Å². The van der Waals surface area contributed by atoms with Crippen molar-refractivity contribution in [2.45, 2.75) is 31.9 Å². The third-order valence-electron chi connectivity index (χ3n) is 2.42. The third kappa shape index (κ3) is 1.12. The van der Waals surface area contributed by atoms with Gasteiger partial charge < -0.3 is 9.94 Å². The number of nitrogens with zero attached hydrogens (tertiary/aromatic N) is 1. The Balaban J connectivity index is 2.14. The maximum Gasteiger partial charge on any atom is 0.182 e. The van der Waals surface area contributed by atoms with Crippen molar-refractivity contribution in [2.75, 3.05) is 7.05 Å². The summed E-state index contributed by atoms with van der Waals surface area (Å²) in [6, 6.07) is 0.